The first-order chi connectivity index (χ1) is 17.2. The summed E-state index contributed by atoms with van der Waals surface area (Å²) in [7, 11) is 3.16. The average Bonchev–Trinajstić information content (AvgIpc) is 3.11. The van der Waals surface area contributed by atoms with Gasteiger partial charge in [-0.1, -0.05) is 41.4 Å². The number of hydrogen-bond acceptors (Lipinski definition) is 6. The fourth-order valence-corrected chi connectivity index (χ4v) is 4.76. The highest BCUT2D eigenvalue weighted by Crippen LogP contribution is 2.35. The third kappa shape index (κ3) is 5.84. The monoisotopic (exact) mass is 542 g/mol. The van der Waals surface area contributed by atoms with Gasteiger partial charge in [-0.15, -0.1) is 0 Å². The molecule has 0 bridgehead atoms. The lowest BCUT2D eigenvalue weighted by Crippen LogP contribution is -2.23. The van der Waals surface area contributed by atoms with E-state index in [4.69, 9.17) is 32.7 Å². The minimum absolute atomic E-state index is 0.123. The second-order valence-electron chi connectivity index (χ2n) is 7.66. The van der Waals surface area contributed by atoms with Gasteiger partial charge < -0.3 is 14.6 Å². The highest BCUT2D eigenvalue weighted by atomic mass is 35.5. The first kappa shape index (κ1) is 25.6. The summed E-state index contributed by atoms with van der Waals surface area (Å²) in [6.07, 6.45) is 1.74. The van der Waals surface area contributed by atoms with Crippen molar-refractivity contribution in [3.63, 3.8) is 0 Å². The number of aromatic carboxylic acids is 1. The molecule has 1 N–H and O–H groups in total. The van der Waals surface area contributed by atoms with Crippen LogP contribution in [0.1, 0.15) is 21.5 Å². The topological polar surface area (TPSA) is 88.4 Å². The third-order valence-electron chi connectivity index (χ3n) is 5.21. The molecular weight excluding hydrogens is 523 g/mol. The van der Waals surface area contributed by atoms with Crippen LogP contribution in [0, 0.1) is 0 Å². The number of thioether (sulfide) groups is 1. The van der Waals surface area contributed by atoms with Gasteiger partial charge >= 0.3 is 5.97 Å². The molecule has 0 spiro atoms. The maximum atomic E-state index is 12.8. The van der Waals surface area contributed by atoms with Crippen LogP contribution in [0.15, 0.2) is 70.6 Å². The van der Waals surface area contributed by atoms with Gasteiger partial charge in [0.25, 0.3) is 5.91 Å². The van der Waals surface area contributed by atoms with Crippen molar-refractivity contribution < 1.29 is 24.2 Å². The highest BCUT2D eigenvalue weighted by molar-refractivity contribution is 8.18. The van der Waals surface area contributed by atoms with Crippen molar-refractivity contribution in [2.24, 2.45) is 4.99 Å². The molecule has 1 heterocycles. The Morgan fingerprint density at radius 2 is 1.92 bits per heavy atom. The van der Waals surface area contributed by atoms with Crippen LogP contribution < -0.4 is 9.47 Å². The number of nitrogens with zero attached hydrogens (tertiary/aromatic N) is 2. The number of rotatable bonds is 7. The molecule has 3 aromatic rings. The van der Waals surface area contributed by atoms with Crippen molar-refractivity contribution >= 4 is 63.8 Å². The zero-order valence-corrected chi connectivity index (χ0v) is 21.5. The molecule has 36 heavy (non-hydrogen) atoms. The van der Waals surface area contributed by atoms with E-state index in [0.29, 0.717) is 37.3 Å². The summed E-state index contributed by atoms with van der Waals surface area (Å²) in [5.41, 5.74) is 2.09. The number of aliphatic imine (C=N–C) groups is 1. The molecule has 10 heteroatoms. The molecule has 7 nitrogen and oxygen atoms in total. The quantitative estimate of drug-likeness (QED) is 0.342. The Kier molecular flexibility index (Phi) is 7.88. The maximum absolute atomic E-state index is 12.8. The van der Waals surface area contributed by atoms with E-state index in [1.54, 1.807) is 55.6 Å². The maximum Gasteiger partial charge on any atom is 0.335 e. The third-order valence-corrected chi connectivity index (χ3v) is 6.85. The number of benzene rings is 3. The SMILES string of the molecule is COc1cc(C=C2SC(=Nc3cccc(C(=O)O)c3)N(C)C2=O)ccc1OCc1ccc(Cl)cc1Cl. The number of carbonyl (C=O) groups excluding carboxylic acids is 1. The van der Waals surface area contributed by atoms with Gasteiger partial charge in [-0.25, -0.2) is 9.79 Å². The molecule has 1 amide bonds. The van der Waals surface area contributed by atoms with Crippen molar-refractivity contribution in [2.75, 3.05) is 14.2 Å². The van der Waals surface area contributed by atoms with Crippen LogP contribution in [-0.2, 0) is 11.4 Å². The van der Waals surface area contributed by atoms with Crippen LogP contribution in [-0.4, -0.2) is 41.2 Å². The van der Waals surface area contributed by atoms with Gasteiger partial charge in [0, 0.05) is 22.7 Å². The van der Waals surface area contributed by atoms with Crippen LogP contribution >= 0.6 is 35.0 Å². The van der Waals surface area contributed by atoms with Gasteiger partial charge in [0.1, 0.15) is 6.61 Å². The summed E-state index contributed by atoms with van der Waals surface area (Å²) >= 11 is 13.4. The van der Waals surface area contributed by atoms with E-state index in [2.05, 4.69) is 4.99 Å². The average molecular weight is 543 g/mol. The van der Waals surface area contributed by atoms with E-state index in [-0.39, 0.29) is 18.1 Å². The second-order valence-corrected chi connectivity index (χ2v) is 9.51. The number of amides is 1. The first-order valence-corrected chi connectivity index (χ1v) is 12.2. The summed E-state index contributed by atoms with van der Waals surface area (Å²) in [5, 5.41) is 10.7. The molecule has 4 rings (SSSR count). The first-order valence-electron chi connectivity index (χ1n) is 10.6. The molecule has 3 aromatic carbocycles. The molecule has 0 radical (unpaired) electrons. The number of hydrogen-bond donors (Lipinski definition) is 1. The lowest BCUT2D eigenvalue weighted by Gasteiger charge is -2.12. The molecule has 184 valence electrons. The predicted octanol–water partition coefficient (Wildman–Crippen LogP) is 6.51. The van der Waals surface area contributed by atoms with E-state index in [1.165, 1.54) is 35.9 Å². The molecule has 0 aliphatic carbocycles. The van der Waals surface area contributed by atoms with Gasteiger partial charge in [-0.3, -0.25) is 9.69 Å². The Morgan fingerprint density at radius 3 is 2.64 bits per heavy atom. The molecule has 1 aliphatic rings. The van der Waals surface area contributed by atoms with Gasteiger partial charge in [0.15, 0.2) is 16.7 Å². The number of carboxylic acid groups (broad SMARTS) is 1. The van der Waals surface area contributed by atoms with E-state index >= 15 is 0 Å². The number of carbonyl (C=O) groups is 2. The smallest absolute Gasteiger partial charge is 0.335 e. The Hall–Kier alpha value is -3.46. The van der Waals surface area contributed by atoms with Gasteiger partial charge in [-0.05, 0) is 65.9 Å². The van der Waals surface area contributed by atoms with Gasteiger partial charge in [0.05, 0.1) is 23.3 Å². The van der Waals surface area contributed by atoms with Gasteiger partial charge in [0.2, 0.25) is 0 Å². The van der Waals surface area contributed by atoms with Gasteiger partial charge in [-0.2, -0.15) is 0 Å². The molecule has 1 saturated heterocycles. The molecular formula is C26H20Cl2N2O5S. The lowest BCUT2D eigenvalue weighted by molar-refractivity contribution is -0.121. The molecule has 0 aromatic heterocycles. The van der Waals surface area contributed by atoms with E-state index in [9.17, 15) is 14.7 Å². The Balaban J connectivity index is 1.53. The Morgan fingerprint density at radius 1 is 1.11 bits per heavy atom. The van der Waals surface area contributed by atoms with Crippen molar-refractivity contribution in [3.05, 3.63) is 92.3 Å². The summed E-state index contributed by atoms with van der Waals surface area (Å²) in [6, 6.07) is 16.8. The number of ether oxygens (including phenoxy) is 2. The zero-order chi connectivity index (χ0) is 25.8. The normalized spacial score (nSPS) is 15.6. The molecule has 1 fully saturated rings. The number of methoxy groups -OCH3 is 1. The van der Waals surface area contributed by atoms with Crippen molar-refractivity contribution in [3.8, 4) is 11.5 Å². The lowest BCUT2D eigenvalue weighted by atomic mass is 10.2. The summed E-state index contributed by atoms with van der Waals surface area (Å²) in [5.74, 6) is -0.241. The van der Waals surface area contributed by atoms with Crippen LogP contribution in [0.25, 0.3) is 6.08 Å². The van der Waals surface area contributed by atoms with Crippen LogP contribution in [0.3, 0.4) is 0 Å². The van der Waals surface area contributed by atoms with Crippen LogP contribution in [0.5, 0.6) is 11.5 Å². The fraction of sp³-hybridized carbons (Fsp3) is 0.115. The number of halogens is 2. The van der Waals surface area contributed by atoms with E-state index < -0.39 is 5.97 Å². The standard InChI is InChI=1S/C26H20Cl2N2O5S/c1-30-24(31)23(36-26(30)29-19-5-3-4-16(12-19)25(32)33)11-15-6-9-21(22(10-15)34-2)35-14-17-7-8-18(27)13-20(17)28/h3-13H,14H2,1-2H3,(H,32,33). The second kappa shape index (κ2) is 11.1. The van der Waals surface area contributed by atoms with Crippen molar-refractivity contribution in [1.29, 1.82) is 0 Å². The number of carboxylic acids is 1. The number of amidine groups is 1. The molecule has 1 aliphatic heterocycles. The summed E-state index contributed by atoms with van der Waals surface area (Å²) in [4.78, 5) is 30.4. The molecule has 0 atom stereocenters. The summed E-state index contributed by atoms with van der Waals surface area (Å²) in [6.45, 7) is 0.231. The highest BCUT2D eigenvalue weighted by Gasteiger charge is 2.30. The zero-order valence-electron chi connectivity index (χ0n) is 19.2. The summed E-state index contributed by atoms with van der Waals surface area (Å²) < 4.78 is 11.4. The van der Waals surface area contributed by atoms with Crippen LogP contribution in [0.2, 0.25) is 10.0 Å². The predicted molar refractivity (Wildman–Crippen MR) is 143 cm³/mol. The molecule has 0 unspecified atom stereocenters. The van der Waals surface area contributed by atoms with E-state index in [0.717, 1.165) is 11.1 Å². The largest absolute Gasteiger partial charge is 0.493 e. The van der Waals surface area contributed by atoms with Crippen molar-refractivity contribution in [1.82, 2.24) is 4.90 Å². The van der Waals surface area contributed by atoms with Crippen molar-refractivity contribution in [2.45, 2.75) is 6.61 Å². The number of likely N-dealkylation sites (N-methyl/N-ethyl adjacent to an activating group) is 1. The minimum atomic E-state index is -1.04. The minimum Gasteiger partial charge on any atom is -0.493 e. The Bertz CT molecular complexity index is 1410. The fourth-order valence-electron chi connectivity index (χ4n) is 3.31. The van der Waals surface area contributed by atoms with Crippen LogP contribution in [0.4, 0.5) is 5.69 Å². The van der Waals surface area contributed by atoms with E-state index in [1.807, 2.05) is 6.07 Å². The Labute approximate surface area is 221 Å². The molecule has 0 saturated carbocycles.